The second-order valence-corrected chi connectivity index (χ2v) is 5.49. The molecule has 2 saturated heterocycles. The monoisotopic (exact) mass is 287 g/mol. The smallest absolute Gasteiger partial charge is 0.341 e. The molecule has 6 heteroatoms. The number of nitrogens with zero attached hydrogens (tertiary/aromatic N) is 3. The van der Waals surface area contributed by atoms with Crippen molar-refractivity contribution in [2.24, 2.45) is 0 Å². The average molecular weight is 287 g/mol. The number of carbonyl (C=O) groups is 1. The van der Waals surface area contributed by atoms with E-state index in [4.69, 9.17) is 9.47 Å². The van der Waals surface area contributed by atoms with Gasteiger partial charge >= 0.3 is 5.97 Å². The van der Waals surface area contributed by atoms with Crippen LogP contribution in [0.4, 0.5) is 5.69 Å². The van der Waals surface area contributed by atoms with Crippen LogP contribution in [0.1, 0.15) is 23.7 Å². The molecule has 2 atom stereocenters. The van der Waals surface area contributed by atoms with Gasteiger partial charge in [-0.3, -0.25) is 0 Å². The Morgan fingerprint density at radius 3 is 3.19 bits per heavy atom. The molecule has 0 aromatic carbocycles. The molecular formula is C15H17N3O3. The van der Waals surface area contributed by atoms with Crippen LogP contribution in [0.25, 0.3) is 5.52 Å². The van der Waals surface area contributed by atoms with Crippen molar-refractivity contribution in [2.45, 2.75) is 25.5 Å². The number of rotatable bonds is 3. The first-order chi connectivity index (χ1) is 10.3. The Balaban J connectivity index is 1.71. The molecule has 4 heterocycles. The number of hydrogen-bond acceptors (Lipinski definition) is 5. The Hall–Kier alpha value is -2.08. The fourth-order valence-electron chi connectivity index (χ4n) is 3.23. The zero-order valence-corrected chi connectivity index (χ0v) is 11.9. The highest BCUT2D eigenvalue weighted by Gasteiger charge is 2.39. The van der Waals surface area contributed by atoms with E-state index in [1.54, 1.807) is 17.6 Å². The third kappa shape index (κ3) is 1.98. The Labute approximate surface area is 122 Å². The number of ether oxygens (including phenoxy) is 2. The van der Waals surface area contributed by atoms with E-state index in [-0.39, 0.29) is 5.97 Å². The van der Waals surface area contributed by atoms with E-state index in [0.717, 1.165) is 30.8 Å². The summed E-state index contributed by atoms with van der Waals surface area (Å²) in [6, 6.07) is 4.50. The molecule has 0 aliphatic carbocycles. The van der Waals surface area contributed by atoms with E-state index in [9.17, 15) is 4.79 Å². The number of carbonyl (C=O) groups excluding carboxylic acids is 1. The summed E-state index contributed by atoms with van der Waals surface area (Å²) in [6.45, 7) is 3.88. The third-order valence-electron chi connectivity index (χ3n) is 4.23. The van der Waals surface area contributed by atoms with Crippen LogP contribution >= 0.6 is 0 Å². The van der Waals surface area contributed by atoms with Gasteiger partial charge in [-0.25, -0.2) is 9.31 Å². The molecule has 4 rings (SSSR count). The van der Waals surface area contributed by atoms with Gasteiger partial charge in [0.1, 0.15) is 5.56 Å². The number of aromatic nitrogens is 2. The highest BCUT2D eigenvalue weighted by Crippen LogP contribution is 2.33. The van der Waals surface area contributed by atoms with Crippen molar-refractivity contribution in [3.63, 3.8) is 0 Å². The predicted molar refractivity (Wildman–Crippen MR) is 76.6 cm³/mol. The zero-order valence-electron chi connectivity index (χ0n) is 11.9. The Kier molecular flexibility index (Phi) is 2.85. The molecule has 6 nitrogen and oxygen atoms in total. The first-order valence-corrected chi connectivity index (χ1v) is 7.29. The molecule has 0 radical (unpaired) electrons. The lowest BCUT2D eigenvalue weighted by molar-refractivity contribution is 0.0528. The van der Waals surface area contributed by atoms with Crippen LogP contribution in [0.2, 0.25) is 0 Å². The van der Waals surface area contributed by atoms with Crippen LogP contribution in [0.15, 0.2) is 24.5 Å². The summed E-state index contributed by atoms with van der Waals surface area (Å²) in [5, 5.41) is 4.21. The van der Waals surface area contributed by atoms with Crippen LogP contribution in [-0.4, -0.2) is 47.5 Å². The zero-order chi connectivity index (χ0) is 14.4. The van der Waals surface area contributed by atoms with Gasteiger partial charge in [0.25, 0.3) is 0 Å². The molecule has 2 fully saturated rings. The van der Waals surface area contributed by atoms with Gasteiger partial charge in [-0.2, -0.15) is 5.10 Å². The maximum Gasteiger partial charge on any atom is 0.341 e. The average Bonchev–Trinajstić information content (AvgIpc) is 3.21. The fraction of sp³-hybridized carbons (Fsp3) is 0.467. The molecule has 2 aliphatic rings. The molecule has 2 aliphatic heterocycles. The van der Waals surface area contributed by atoms with E-state index >= 15 is 0 Å². The quantitative estimate of drug-likeness (QED) is 0.801. The molecule has 21 heavy (non-hydrogen) atoms. The molecule has 2 aromatic heterocycles. The number of fused-ring (bicyclic) bond motifs is 3. The van der Waals surface area contributed by atoms with Gasteiger partial charge in [0.2, 0.25) is 0 Å². The maximum atomic E-state index is 12.0. The molecule has 0 unspecified atom stereocenters. The van der Waals surface area contributed by atoms with E-state index in [2.05, 4.69) is 10.00 Å². The number of pyridine rings is 1. The number of anilines is 1. The number of hydrogen-bond donors (Lipinski definition) is 0. The highest BCUT2D eigenvalue weighted by molar-refractivity contribution is 5.97. The third-order valence-corrected chi connectivity index (χ3v) is 4.23. The first-order valence-electron chi connectivity index (χ1n) is 7.29. The Bertz CT molecular complexity index is 697. The topological polar surface area (TPSA) is 56.1 Å². The van der Waals surface area contributed by atoms with E-state index < -0.39 is 0 Å². The van der Waals surface area contributed by atoms with Gasteiger partial charge in [0.05, 0.1) is 37.1 Å². The fourth-order valence-corrected chi connectivity index (χ4v) is 3.23. The maximum absolute atomic E-state index is 12.0. The van der Waals surface area contributed by atoms with Gasteiger partial charge in [-0.15, -0.1) is 0 Å². The summed E-state index contributed by atoms with van der Waals surface area (Å²) in [7, 11) is 0. The second kappa shape index (κ2) is 4.73. The Morgan fingerprint density at radius 1 is 1.57 bits per heavy atom. The van der Waals surface area contributed by atoms with Crippen molar-refractivity contribution in [1.29, 1.82) is 0 Å². The van der Waals surface area contributed by atoms with Crippen molar-refractivity contribution < 1.29 is 14.3 Å². The van der Waals surface area contributed by atoms with Crippen molar-refractivity contribution in [1.82, 2.24) is 9.61 Å². The first kappa shape index (κ1) is 12.6. The van der Waals surface area contributed by atoms with Crippen LogP contribution in [-0.2, 0) is 9.47 Å². The molecule has 0 amide bonds. The highest BCUT2D eigenvalue weighted by atomic mass is 16.5. The summed E-state index contributed by atoms with van der Waals surface area (Å²) in [6.07, 6.45) is 4.90. The van der Waals surface area contributed by atoms with Crippen molar-refractivity contribution >= 4 is 17.2 Å². The molecule has 2 bridgehead atoms. The van der Waals surface area contributed by atoms with Gasteiger partial charge in [0, 0.05) is 18.4 Å². The Morgan fingerprint density at radius 2 is 2.48 bits per heavy atom. The minimum atomic E-state index is -0.323. The van der Waals surface area contributed by atoms with Gasteiger partial charge in [-0.05, 0) is 25.5 Å². The lowest BCUT2D eigenvalue weighted by Gasteiger charge is -2.29. The van der Waals surface area contributed by atoms with Gasteiger partial charge in [0.15, 0.2) is 0 Å². The molecular weight excluding hydrogens is 270 g/mol. The molecule has 110 valence electrons. The second-order valence-electron chi connectivity index (χ2n) is 5.49. The van der Waals surface area contributed by atoms with Crippen LogP contribution in [0.3, 0.4) is 0 Å². The largest absolute Gasteiger partial charge is 0.462 e. The molecule has 0 N–H and O–H groups in total. The van der Waals surface area contributed by atoms with Gasteiger partial charge < -0.3 is 14.4 Å². The number of morpholine rings is 1. The standard InChI is InChI=1S/C15H17N3O3/c1-2-20-15(19)13-7-16-18-4-3-10(6-14(13)18)17-8-12-5-11(17)9-21-12/h3-4,6-7,11-12H,2,5,8-9H2,1H3/t11-,12-/m1/s1. The number of esters is 1. The van der Waals surface area contributed by atoms with Crippen molar-refractivity contribution in [3.05, 3.63) is 30.1 Å². The van der Waals surface area contributed by atoms with E-state index in [0.29, 0.717) is 24.3 Å². The summed E-state index contributed by atoms with van der Waals surface area (Å²) < 4.78 is 12.4. The minimum Gasteiger partial charge on any atom is -0.462 e. The normalized spacial score (nSPS) is 24.0. The van der Waals surface area contributed by atoms with Crippen molar-refractivity contribution in [2.75, 3.05) is 24.7 Å². The van der Waals surface area contributed by atoms with Crippen LogP contribution in [0.5, 0.6) is 0 Å². The minimum absolute atomic E-state index is 0.323. The molecule has 2 aromatic rings. The van der Waals surface area contributed by atoms with Crippen molar-refractivity contribution in [3.8, 4) is 0 Å². The van der Waals surface area contributed by atoms with E-state index in [1.165, 1.54) is 0 Å². The summed E-state index contributed by atoms with van der Waals surface area (Å²) in [4.78, 5) is 14.3. The lowest BCUT2D eigenvalue weighted by Crippen LogP contribution is -2.36. The predicted octanol–water partition coefficient (Wildman–Crippen LogP) is 1.49. The van der Waals surface area contributed by atoms with Crippen LogP contribution in [0, 0.1) is 0 Å². The lowest BCUT2D eigenvalue weighted by atomic mass is 10.2. The molecule has 0 saturated carbocycles. The van der Waals surface area contributed by atoms with Gasteiger partial charge in [-0.1, -0.05) is 0 Å². The summed E-state index contributed by atoms with van der Waals surface area (Å²) >= 11 is 0. The molecule has 0 spiro atoms. The van der Waals surface area contributed by atoms with Crippen LogP contribution < -0.4 is 4.90 Å². The summed E-state index contributed by atoms with van der Waals surface area (Å²) in [5.41, 5.74) is 2.42. The summed E-state index contributed by atoms with van der Waals surface area (Å²) in [5.74, 6) is -0.323. The SMILES string of the molecule is CCOC(=O)c1cnn2ccc(N3C[C@H]4C[C@@H]3CO4)cc12. The van der Waals surface area contributed by atoms with E-state index in [1.807, 2.05) is 18.3 Å².